The van der Waals surface area contributed by atoms with E-state index < -0.39 is 10.0 Å². The first kappa shape index (κ1) is 18.2. The molecule has 0 spiro atoms. The van der Waals surface area contributed by atoms with Gasteiger partial charge in [-0.15, -0.1) is 12.4 Å². The fraction of sp³-hybridized carbons (Fsp3) is 0.467. The van der Waals surface area contributed by atoms with E-state index in [1.807, 2.05) is 12.1 Å². The van der Waals surface area contributed by atoms with Crippen molar-refractivity contribution in [1.29, 1.82) is 0 Å². The number of hydrogen-bond donors (Lipinski definition) is 2. The minimum absolute atomic E-state index is 0. The van der Waals surface area contributed by atoms with Gasteiger partial charge in [0.25, 0.3) is 0 Å². The summed E-state index contributed by atoms with van der Waals surface area (Å²) in [5.74, 6) is 0. The topological polar surface area (TPSA) is 58.2 Å². The predicted octanol–water partition coefficient (Wildman–Crippen LogP) is 2.26. The molecular formula is C15H23ClN2O2S. The number of hydrogen-bond acceptors (Lipinski definition) is 3. The molecule has 6 heteroatoms. The molecule has 0 aliphatic carbocycles. The highest BCUT2D eigenvalue weighted by Crippen LogP contribution is 2.12. The van der Waals surface area contributed by atoms with Gasteiger partial charge in [0, 0.05) is 13.1 Å². The van der Waals surface area contributed by atoms with Gasteiger partial charge < -0.3 is 5.32 Å². The molecule has 1 aliphatic rings. The van der Waals surface area contributed by atoms with E-state index in [9.17, 15) is 8.42 Å². The minimum Gasteiger partial charge on any atom is -0.313 e. The summed E-state index contributed by atoms with van der Waals surface area (Å²) in [4.78, 5) is 0.340. The Kier molecular flexibility index (Phi) is 7.39. The molecular weight excluding hydrogens is 308 g/mol. The molecule has 0 aromatic heterocycles. The molecule has 2 rings (SSSR count). The number of sulfonamides is 1. The summed E-state index contributed by atoms with van der Waals surface area (Å²) in [5.41, 5.74) is 2.32. The second-order valence-corrected chi connectivity index (χ2v) is 6.80. The molecule has 0 radical (unpaired) electrons. The van der Waals surface area contributed by atoms with Gasteiger partial charge >= 0.3 is 0 Å². The smallest absolute Gasteiger partial charge is 0.240 e. The van der Waals surface area contributed by atoms with E-state index in [1.54, 1.807) is 12.1 Å². The van der Waals surface area contributed by atoms with E-state index in [0.29, 0.717) is 11.4 Å². The lowest BCUT2D eigenvalue weighted by Gasteiger charge is -2.14. The van der Waals surface area contributed by atoms with Crippen LogP contribution in [0.5, 0.6) is 0 Å². The van der Waals surface area contributed by atoms with Crippen LogP contribution >= 0.6 is 12.4 Å². The lowest BCUT2D eigenvalue weighted by Crippen LogP contribution is -2.29. The highest BCUT2D eigenvalue weighted by Gasteiger charge is 2.14. The van der Waals surface area contributed by atoms with Gasteiger partial charge in [0.1, 0.15) is 0 Å². The van der Waals surface area contributed by atoms with E-state index in [4.69, 9.17) is 0 Å². The van der Waals surface area contributed by atoms with Gasteiger partial charge in [0.2, 0.25) is 10.0 Å². The lowest BCUT2D eigenvalue weighted by molar-refractivity contribution is 0.582. The van der Waals surface area contributed by atoms with Crippen LogP contribution < -0.4 is 10.0 Å². The largest absolute Gasteiger partial charge is 0.313 e. The quantitative estimate of drug-likeness (QED) is 0.787. The normalized spacial score (nSPS) is 15.2. The van der Waals surface area contributed by atoms with Gasteiger partial charge in [-0.25, -0.2) is 13.1 Å². The first-order chi connectivity index (χ1) is 9.62. The van der Waals surface area contributed by atoms with E-state index in [-0.39, 0.29) is 12.4 Å². The molecule has 1 aromatic rings. The second kappa shape index (κ2) is 8.54. The molecule has 1 aromatic carbocycles. The van der Waals surface area contributed by atoms with Crippen LogP contribution in [0.4, 0.5) is 0 Å². The van der Waals surface area contributed by atoms with Crippen molar-refractivity contribution in [1.82, 2.24) is 10.0 Å². The molecule has 0 fully saturated rings. The number of benzene rings is 1. The van der Waals surface area contributed by atoms with Crippen LogP contribution in [-0.4, -0.2) is 28.1 Å². The fourth-order valence-corrected chi connectivity index (χ4v) is 3.26. The van der Waals surface area contributed by atoms with Crippen LogP contribution in [0, 0.1) is 0 Å². The van der Waals surface area contributed by atoms with E-state index in [2.05, 4.69) is 23.0 Å². The van der Waals surface area contributed by atoms with Crippen LogP contribution in [0.15, 0.2) is 40.8 Å². The van der Waals surface area contributed by atoms with Crippen LogP contribution in [0.25, 0.3) is 0 Å². The maximum absolute atomic E-state index is 12.2. The van der Waals surface area contributed by atoms with Crippen molar-refractivity contribution >= 4 is 22.4 Å². The summed E-state index contributed by atoms with van der Waals surface area (Å²) in [6.07, 6.45) is 4.99. The monoisotopic (exact) mass is 330 g/mol. The Morgan fingerprint density at radius 2 is 1.95 bits per heavy atom. The number of aryl methyl sites for hydroxylation is 1. The van der Waals surface area contributed by atoms with Gasteiger partial charge in [-0.3, -0.25) is 0 Å². The first-order valence-corrected chi connectivity index (χ1v) is 8.57. The van der Waals surface area contributed by atoms with Gasteiger partial charge in [0.05, 0.1) is 4.90 Å². The SMILES string of the molecule is CCCc1ccc(S(=O)(=O)NCC2=CCNCC2)cc1.Cl. The van der Waals surface area contributed by atoms with Crippen molar-refractivity contribution in [3.05, 3.63) is 41.5 Å². The Morgan fingerprint density at radius 3 is 2.52 bits per heavy atom. The summed E-state index contributed by atoms with van der Waals surface area (Å²) < 4.78 is 27.1. The van der Waals surface area contributed by atoms with Crippen LogP contribution in [-0.2, 0) is 16.4 Å². The standard InChI is InChI=1S/C15H22N2O2S.ClH/c1-2-3-13-4-6-15(7-5-13)20(18,19)17-12-14-8-10-16-11-9-14;/h4-8,16-17H,2-3,9-12H2,1H3;1H. The van der Waals surface area contributed by atoms with Gasteiger partial charge in [-0.05, 0) is 37.1 Å². The van der Waals surface area contributed by atoms with Gasteiger partial charge in [-0.2, -0.15) is 0 Å². The number of nitrogens with one attached hydrogen (secondary N) is 2. The molecule has 1 heterocycles. The Bertz CT molecular complexity index is 568. The highest BCUT2D eigenvalue weighted by molar-refractivity contribution is 7.89. The predicted molar refractivity (Wildman–Crippen MR) is 88.4 cm³/mol. The molecule has 0 atom stereocenters. The summed E-state index contributed by atoms with van der Waals surface area (Å²) in [7, 11) is -3.40. The average Bonchev–Trinajstić information content (AvgIpc) is 2.47. The van der Waals surface area contributed by atoms with E-state index in [1.165, 1.54) is 5.56 Å². The molecule has 0 saturated carbocycles. The van der Waals surface area contributed by atoms with Crippen LogP contribution in [0.2, 0.25) is 0 Å². The summed E-state index contributed by atoms with van der Waals surface area (Å²) >= 11 is 0. The van der Waals surface area contributed by atoms with E-state index >= 15 is 0 Å². The molecule has 0 amide bonds. The number of rotatable bonds is 6. The maximum atomic E-state index is 12.2. The molecule has 1 aliphatic heterocycles. The highest BCUT2D eigenvalue weighted by atomic mass is 35.5. The zero-order valence-corrected chi connectivity index (χ0v) is 13.9. The maximum Gasteiger partial charge on any atom is 0.240 e. The Balaban J connectivity index is 0.00000220. The van der Waals surface area contributed by atoms with Crippen molar-refractivity contribution in [3.63, 3.8) is 0 Å². The van der Waals surface area contributed by atoms with Crippen molar-refractivity contribution in [2.75, 3.05) is 19.6 Å². The lowest BCUT2D eigenvalue weighted by atomic mass is 10.1. The zero-order chi connectivity index (χ0) is 14.4. The van der Waals surface area contributed by atoms with E-state index in [0.717, 1.165) is 37.9 Å². The molecule has 21 heavy (non-hydrogen) atoms. The van der Waals surface area contributed by atoms with Crippen LogP contribution in [0.1, 0.15) is 25.3 Å². The third-order valence-corrected chi connectivity index (χ3v) is 4.84. The molecule has 0 unspecified atom stereocenters. The third kappa shape index (κ3) is 5.43. The summed E-state index contributed by atoms with van der Waals surface area (Å²) in [6.45, 7) is 4.25. The minimum atomic E-state index is -3.40. The van der Waals surface area contributed by atoms with Crippen molar-refractivity contribution in [2.24, 2.45) is 0 Å². The van der Waals surface area contributed by atoms with Gasteiger partial charge in [0.15, 0.2) is 0 Å². The fourth-order valence-electron chi connectivity index (χ4n) is 2.23. The molecule has 118 valence electrons. The third-order valence-electron chi connectivity index (χ3n) is 3.42. The van der Waals surface area contributed by atoms with Crippen LogP contribution in [0.3, 0.4) is 0 Å². The second-order valence-electron chi connectivity index (χ2n) is 5.03. The molecule has 4 nitrogen and oxygen atoms in total. The zero-order valence-electron chi connectivity index (χ0n) is 12.3. The summed E-state index contributed by atoms with van der Waals surface area (Å²) in [6, 6.07) is 7.15. The molecule has 0 bridgehead atoms. The molecule has 0 saturated heterocycles. The summed E-state index contributed by atoms with van der Waals surface area (Å²) in [5, 5.41) is 3.21. The number of halogens is 1. The Morgan fingerprint density at radius 1 is 1.24 bits per heavy atom. The Labute approximate surface area is 133 Å². The first-order valence-electron chi connectivity index (χ1n) is 7.09. The van der Waals surface area contributed by atoms with Crippen molar-refractivity contribution in [3.8, 4) is 0 Å². The van der Waals surface area contributed by atoms with Gasteiger partial charge in [-0.1, -0.05) is 37.1 Å². The molecule has 2 N–H and O–H groups in total. The van der Waals surface area contributed by atoms with Crippen molar-refractivity contribution < 1.29 is 8.42 Å². The average molecular weight is 331 g/mol. The Hall–Kier alpha value is -0.880. The van der Waals surface area contributed by atoms with Crippen molar-refractivity contribution in [2.45, 2.75) is 31.1 Å².